The normalized spacial score (nSPS) is 12.8. The van der Waals surface area contributed by atoms with Gasteiger partial charge < -0.3 is 15.2 Å². The van der Waals surface area contributed by atoms with E-state index in [2.05, 4.69) is 43.4 Å². The third kappa shape index (κ3) is 7.04. The molecule has 0 aliphatic heterocycles. The van der Waals surface area contributed by atoms with Gasteiger partial charge in [-0.1, -0.05) is 38.1 Å². The van der Waals surface area contributed by atoms with Crippen LogP contribution in [0.3, 0.4) is 0 Å². The fourth-order valence-electron chi connectivity index (χ4n) is 2.47. The summed E-state index contributed by atoms with van der Waals surface area (Å²) in [7, 11) is 1.76. The summed E-state index contributed by atoms with van der Waals surface area (Å²) in [4.78, 5) is 0. The largest absolute Gasteiger partial charge is 0.396 e. The molecule has 3 heteroatoms. The number of benzene rings is 1. The zero-order valence-corrected chi connectivity index (χ0v) is 13.1. The predicted octanol–water partition coefficient (Wildman–Crippen LogP) is 2.41. The van der Waals surface area contributed by atoms with Gasteiger partial charge in [-0.3, -0.25) is 0 Å². The molecular formula is C17H29NO2. The van der Waals surface area contributed by atoms with Crippen LogP contribution in [0, 0.1) is 5.92 Å². The minimum Gasteiger partial charge on any atom is -0.396 e. The molecule has 0 aliphatic carbocycles. The van der Waals surface area contributed by atoms with E-state index in [1.165, 1.54) is 11.1 Å². The van der Waals surface area contributed by atoms with Crippen molar-refractivity contribution < 1.29 is 9.84 Å². The van der Waals surface area contributed by atoms with Crippen molar-refractivity contribution >= 4 is 0 Å². The first-order valence-electron chi connectivity index (χ1n) is 7.56. The van der Waals surface area contributed by atoms with Crippen LogP contribution in [0.25, 0.3) is 0 Å². The molecule has 0 aromatic heterocycles. The molecule has 0 fully saturated rings. The lowest BCUT2D eigenvalue weighted by molar-refractivity contribution is 0.157. The summed E-state index contributed by atoms with van der Waals surface area (Å²) < 4.78 is 5.27. The highest BCUT2D eigenvalue weighted by Crippen LogP contribution is 2.08. The van der Waals surface area contributed by atoms with Gasteiger partial charge in [-0.2, -0.15) is 0 Å². The quantitative estimate of drug-likeness (QED) is 0.691. The highest BCUT2D eigenvalue weighted by atomic mass is 16.5. The van der Waals surface area contributed by atoms with Gasteiger partial charge >= 0.3 is 0 Å². The Labute approximate surface area is 123 Å². The van der Waals surface area contributed by atoms with Crippen molar-refractivity contribution in [3.05, 3.63) is 35.4 Å². The van der Waals surface area contributed by atoms with Gasteiger partial charge in [0.05, 0.1) is 6.61 Å². The highest BCUT2D eigenvalue weighted by Gasteiger charge is 2.09. The molecule has 114 valence electrons. The van der Waals surface area contributed by atoms with E-state index in [9.17, 15) is 0 Å². The third-order valence-electron chi connectivity index (χ3n) is 3.36. The van der Waals surface area contributed by atoms with Crippen molar-refractivity contribution in [2.75, 3.05) is 26.9 Å². The summed E-state index contributed by atoms with van der Waals surface area (Å²) in [6, 6.07) is 8.91. The fraction of sp³-hybridized carbons (Fsp3) is 0.647. The van der Waals surface area contributed by atoms with Gasteiger partial charge in [0, 0.05) is 19.8 Å². The number of aliphatic hydroxyl groups is 1. The number of rotatable bonds is 10. The molecule has 0 saturated heterocycles. The van der Waals surface area contributed by atoms with Crippen molar-refractivity contribution in [3.8, 4) is 0 Å². The van der Waals surface area contributed by atoms with Crippen molar-refractivity contribution in [3.63, 3.8) is 0 Å². The first-order valence-corrected chi connectivity index (χ1v) is 7.56. The number of methoxy groups -OCH3 is 1. The molecule has 3 nitrogen and oxygen atoms in total. The number of hydrogen-bond donors (Lipinski definition) is 2. The standard InChI is InChI=1S/C17H29NO2/c1-14(2)11-17(13-20-3)18-9-7-15-5-4-6-16(12-15)8-10-19/h4-6,12,14,17-19H,7-11,13H2,1-3H3. The molecule has 20 heavy (non-hydrogen) atoms. The maximum atomic E-state index is 8.98. The van der Waals surface area contributed by atoms with Crippen LogP contribution in [-0.4, -0.2) is 38.0 Å². The Bertz CT molecular complexity index is 366. The van der Waals surface area contributed by atoms with Gasteiger partial charge in [0.15, 0.2) is 0 Å². The zero-order chi connectivity index (χ0) is 14.8. The van der Waals surface area contributed by atoms with Crippen molar-refractivity contribution in [1.82, 2.24) is 5.32 Å². The van der Waals surface area contributed by atoms with Crippen molar-refractivity contribution in [2.24, 2.45) is 5.92 Å². The van der Waals surface area contributed by atoms with E-state index < -0.39 is 0 Å². The Balaban J connectivity index is 2.39. The Kier molecular flexibility index (Phi) is 8.51. The summed E-state index contributed by atoms with van der Waals surface area (Å²) in [6.07, 6.45) is 2.89. The van der Waals surface area contributed by atoms with Gasteiger partial charge in [0.25, 0.3) is 0 Å². The molecule has 0 bridgehead atoms. The van der Waals surface area contributed by atoms with E-state index >= 15 is 0 Å². The molecule has 1 atom stereocenters. The van der Waals surface area contributed by atoms with Crippen LogP contribution in [0.2, 0.25) is 0 Å². The maximum absolute atomic E-state index is 8.98. The average Bonchev–Trinajstić information content (AvgIpc) is 2.39. The second kappa shape index (κ2) is 9.92. The van der Waals surface area contributed by atoms with E-state index in [1.54, 1.807) is 7.11 Å². The van der Waals surface area contributed by atoms with Crippen LogP contribution >= 0.6 is 0 Å². The van der Waals surface area contributed by atoms with E-state index in [-0.39, 0.29) is 6.61 Å². The zero-order valence-electron chi connectivity index (χ0n) is 13.1. The lowest BCUT2D eigenvalue weighted by Crippen LogP contribution is -2.35. The van der Waals surface area contributed by atoms with Crippen LogP contribution in [0.5, 0.6) is 0 Å². The Morgan fingerprint density at radius 3 is 2.50 bits per heavy atom. The summed E-state index contributed by atoms with van der Waals surface area (Å²) in [5, 5.41) is 12.6. The fourth-order valence-corrected chi connectivity index (χ4v) is 2.47. The van der Waals surface area contributed by atoms with Crippen LogP contribution < -0.4 is 5.32 Å². The summed E-state index contributed by atoms with van der Waals surface area (Å²) in [6.45, 7) is 6.42. The Hall–Kier alpha value is -0.900. The molecular weight excluding hydrogens is 250 g/mol. The monoisotopic (exact) mass is 279 g/mol. The van der Waals surface area contributed by atoms with Crippen LogP contribution in [0.1, 0.15) is 31.4 Å². The molecule has 1 aromatic carbocycles. The van der Waals surface area contributed by atoms with E-state index in [0.29, 0.717) is 12.0 Å². The van der Waals surface area contributed by atoms with Gasteiger partial charge in [0.2, 0.25) is 0 Å². The Morgan fingerprint density at radius 1 is 1.20 bits per heavy atom. The van der Waals surface area contributed by atoms with E-state index in [0.717, 1.165) is 32.4 Å². The van der Waals surface area contributed by atoms with Crippen molar-refractivity contribution in [1.29, 1.82) is 0 Å². The molecule has 1 unspecified atom stereocenters. The molecule has 0 spiro atoms. The minimum atomic E-state index is 0.214. The highest BCUT2D eigenvalue weighted by molar-refractivity contribution is 5.23. The van der Waals surface area contributed by atoms with Gasteiger partial charge in [0.1, 0.15) is 0 Å². The maximum Gasteiger partial charge on any atom is 0.0615 e. The Morgan fingerprint density at radius 2 is 1.90 bits per heavy atom. The average molecular weight is 279 g/mol. The van der Waals surface area contributed by atoms with Gasteiger partial charge in [-0.25, -0.2) is 0 Å². The van der Waals surface area contributed by atoms with Crippen LogP contribution in [0.15, 0.2) is 24.3 Å². The molecule has 0 aliphatic rings. The lowest BCUT2D eigenvalue weighted by atomic mass is 10.0. The number of aliphatic hydroxyl groups excluding tert-OH is 1. The first kappa shape index (κ1) is 17.2. The second-order valence-corrected chi connectivity index (χ2v) is 5.78. The molecule has 0 amide bonds. The first-order chi connectivity index (χ1) is 9.65. The van der Waals surface area contributed by atoms with Crippen LogP contribution in [0.4, 0.5) is 0 Å². The SMILES string of the molecule is COCC(CC(C)C)NCCc1cccc(CCO)c1. The number of hydrogen-bond acceptors (Lipinski definition) is 3. The molecule has 1 aromatic rings. The van der Waals surface area contributed by atoms with Gasteiger partial charge in [-0.05, 0) is 42.9 Å². The smallest absolute Gasteiger partial charge is 0.0615 e. The minimum absolute atomic E-state index is 0.214. The van der Waals surface area contributed by atoms with Crippen LogP contribution in [-0.2, 0) is 17.6 Å². The number of nitrogens with one attached hydrogen (secondary N) is 1. The molecule has 0 radical (unpaired) electrons. The van der Waals surface area contributed by atoms with E-state index in [4.69, 9.17) is 9.84 Å². The molecule has 2 N–H and O–H groups in total. The third-order valence-corrected chi connectivity index (χ3v) is 3.36. The van der Waals surface area contributed by atoms with Crippen molar-refractivity contribution in [2.45, 2.75) is 39.2 Å². The summed E-state index contributed by atoms with van der Waals surface area (Å²) >= 11 is 0. The lowest BCUT2D eigenvalue weighted by Gasteiger charge is -2.20. The molecule has 0 heterocycles. The second-order valence-electron chi connectivity index (χ2n) is 5.78. The number of ether oxygens (including phenoxy) is 1. The van der Waals surface area contributed by atoms with Gasteiger partial charge in [-0.15, -0.1) is 0 Å². The molecule has 0 saturated carbocycles. The van der Waals surface area contributed by atoms with E-state index in [1.807, 2.05) is 0 Å². The summed E-state index contributed by atoms with van der Waals surface area (Å²) in [5.74, 6) is 0.676. The predicted molar refractivity (Wildman–Crippen MR) is 84.1 cm³/mol. The summed E-state index contributed by atoms with van der Waals surface area (Å²) in [5.41, 5.74) is 2.53. The topological polar surface area (TPSA) is 41.5 Å². The molecule has 1 rings (SSSR count).